The predicted molar refractivity (Wildman–Crippen MR) is 73.9 cm³/mol. The Morgan fingerprint density at radius 2 is 1.76 bits per heavy atom. The number of ether oxygens (including phenoxy) is 1. The molecule has 0 spiro atoms. The molecule has 0 radical (unpaired) electrons. The van der Waals surface area contributed by atoms with E-state index in [1.165, 1.54) is 0 Å². The van der Waals surface area contributed by atoms with Crippen molar-refractivity contribution in [2.24, 2.45) is 0 Å². The van der Waals surface area contributed by atoms with E-state index in [9.17, 15) is 0 Å². The second kappa shape index (κ2) is 6.60. The van der Waals surface area contributed by atoms with Gasteiger partial charge in [0.15, 0.2) is 0 Å². The predicted octanol–water partition coefficient (Wildman–Crippen LogP) is 3.90. The molecule has 2 nitrogen and oxygen atoms in total. The van der Waals surface area contributed by atoms with Crippen molar-refractivity contribution in [3.8, 4) is 0 Å². The molecule has 1 N–H and O–H groups in total. The van der Waals surface area contributed by atoms with Crippen LogP contribution in [0, 0.1) is 0 Å². The summed E-state index contributed by atoms with van der Waals surface area (Å²) >= 11 is 11.9. The summed E-state index contributed by atoms with van der Waals surface area (Å²) in [5, 5.41) is 4.67. The molecule has 1 aromatic rings. The number of rotatable bonds is 6. The van der Waals surface area contributed by atoms with Crippen molar-refractivity contribution in [1.29, 1.82) is 0 Å². The van der Waals surface area contributed by atoms with Crippen molar-refractivity contribution < 1.29 is 4.74 Å². The van der Waals surface area contributed by atoms with Crippen LogP contribution in [-0.4, -0.2) is 18.8 Å². The van der Waals surface area contributed by atoms with E-state index < -0.39 is 0 Å². The maximum absolute atomic E-state index is 5.93. The molecular formula is C13H19Cl2NO. The highest BCUT2D eigenvalue weighted by atomic mass is 35.5. The van der Waals surface area contributed by atoms with Gasteiger partial charge in [-0.3, -0.25) is 0 Å². The smallest absolute Gasteiger partial charge is 0.0750 e. The van der Waals surface area contributed by atoms with E-state index in [0.29, 0.717) is 10.0 Å². The van der Waals surface area contributed by atoms with Crippen molar-refractivity contribution in [1.82, 2.24) is 5.32 Å². The van der Waals surface area contributed by atoms with Gasteiger partial charge in [-0.1, -0.05) is 23.2 Å². The Hall–Kier alpha value is -0.280. The third-order valence-electron chi connectivity index (χ3n) is 2.34. The topological polar surface area (TPSA) is 21.3 Å². The van der Waals surface area contributed by atoms with E-state index in [1.54, 1.807) is 6.07 Å². The fraction of sp³-hybridized carbons (Fsp3) is 0.538. The highest BCUT2D eigenvalue weighted by Crippen LogP contribution is 2.19. The maximum Gasteiger partial charge on any atom is 0.0750 e. The van der Waals surface area contributed by atoms with Crippen molar-refractivity contribution in [3.63, 3.8) is 0 Å². The average Bonchev–Trinajstić information content (AvgIpc) is 2.15. The lowest BCUT2D eigenvalue weighted by Crippen LogP contribution is -2.37. The standard InChI is InChI=1S/C13H19Cl2NO/c1-4-17-13(2,3)9-16-8-10-5-11(14)7-12(15)6-10/h5-7,16H,4,8-9H2,1-3H3. The van der Waals surface area contributed by atoms with Gasteiger partial charge < -0.3 is 10.1 Å². The van der Waals surface area contributed by atoms with Crippen molar-refractivity contribution in [2.75, 3.05) is 13.2 Å². The summed E-state index contributed by atoms with van der Waals surface area (Å²) in [4.78, 5) is 0. The van der Waals surface area contributed by atoms with Crippen LogP contribution in [0.25, 0.3) is 0 Å². The van der Waals surface area contributed by atoms with Gasteiger partial charge in [0.05, 0.1) is 5.60 Å². The summed E-state index contributed by atoms with van der Waals surface area (Å²) in [6.45, 7) is 8.36. The van der Waals surface area contributed by atoms with Gasteiger partial charge in [0.2, 0.25) is 0 Å². The summed E-state index contributed by atoms with van der Waals surface area (Å²) in [6.07, 6.45) is 0. The molecule has 0 saturated carbocycles. The first kappa shape index (κ1) is 14.8. The molecule has 17 heavy (non-hydrogen) atoms. The number of benzene rings is 1. The Morgan fingerprint density at radius 1 is 1.18 bits per heavy atom. The molecule has 0 aliphatic rings. The van der Waals surface area contributed by atoms with Gasteiger partial charge in [-0.2, -0.15) is 0 Å². The minimum atomic E-state index is -0.156. The van der Waals surface area contributed by atoms with Crippen molar-refractivity contribution >= 4 is 23.2 Å². The minimum Gasteiger partial charge on any atom is -0.375 e. The quantitative estimate of drug-likeness (QED) is 0.850. The zero-order chi connectivity index (χ0) is 12.9. The van der Waals surface area contributed by atoms with Gasteiger partial charge in [0.1, 0.15) is 0 Å². The van der Waals surface area contributed by atoms with Crippen LogP contribution in [0.2, 0.25) is 10.0 Å². The molecule has 0 unspecified atom stereocenters. The van der Waals surface area contributed by atoms with E-state index in [4.69, 9.17) is 27.9 Å². The van der Waals surface area contributed by atoms with Crippen molar-refractivity contribution in [2.45, 2.75) is 32.9 Å². The van der Waals surface area contributed by atoms with Crippen LogP contribution in [0.3, 0.4) is 0 Å². The lowest BCUT2D eigenvalue weighted by atomic mass is 10.1. The SMILES string of the molecule is CCOC(C)(C)CNCc1cc(Cl)cc(Cl)c1. The van der Waals surface area contributed by atoms with E-state index in [1.807, 2.05) is 19.1 Å². The summed E-state index contributed by atoms with van der Waals surface area (Å²) in [5.41, 5.74) is 0.923. The van der Waals surface area contributed by atoms with Crippen LogP contribution in [0.5, 0.6) is 0 Å². The molecule has 96 valence electrons. The average molecular weight is 276 g/mol. The minimum absolute atomic E-state index is 0.156. The fourth-order valence-corrected chi connectivity index (χ4v) is 2.23. The first-order chi connectivity index (χ1) is 7.93. The van der Waals surface area contributed by atoms with Gasteiger partial charge in [-0.15, -0.1) is 0 Å². The molecule has 0 saturated heterocycles. The summed E-state index contributed by atoms with van der Waals surface area (Å²) in [5.74, 6) is 0. The van der Waals surface area contributed by atoms with Crippen LogP contribution >= 0.6 is 23.2 Å². The van der Waals surface area contributed by atoms with E-state index in [2.05, 4.69) is 19.2 Å². The molecule has 0 heterocycles. The van der Waals surface area contributed by atoms with E-state index in [0.717, 1.165) is 25.3 Å². The Balaban J connectivity index is 2.45. The third-order valence-corrected chi connectivity index (χ3v) is 2.77. The fourth-order valence-electron chi connectivity index (χ4n) is 1.66. The molecule has 0 aliphatic heterocycles. The number of hydrogen-bond acceptors (Lipinski definition) is 2. The summed E-state index contributed by atoms with van der Waals surface area (Å²) in [6, 6.07) is 5.55. The molecule has 1 rings (SSSR count). The molecular weight excluding hydrogens is 257 g/mol. The Bertz CT molecular complexity index is 346. The molecule has 0 aromatic heterocycles. The summed E-state index contributed by atoms with van der Waals surface area (Å²) < 4.78 is 5.60. The third kappa shape index (κ3) is 5.73. The van der Waals surface area contributed by atoms with Gasteiger partial charge in [-0.25, -0.2) is 0 Å². The second-order valence-electron chi connectivity index (χ2n) is 4.57. The second-order valence-corrected chi connectivity index (χ2v) is 5.45. The van der Waals surface area contributed by atoms with Gasteiger partial charge in [0, 0.05) is 29.7 Å². The van der Waals surface area contributed by atoms with E-state index in [-0.39, 0.29) is 5.60 Å². The first-order valence-electron chi connectivity index (χ1n) is 5.72. The van der Waals surface area contributed by atoms with Crippen molar-refractivity contribution in [3.05, 3.63) is 33.8 Å². The Kier molecular flexibility index (Phi) is 5.74. The first-order valence-corrected chi connectivity index (χ1v) is 6.48. The van der Waals surface area contributed by atoms with Crippen LogP contribution < -0.4 is 5.32 Å². The van der Waals surface area contributed by atoms with Crippen LogP contribution in [0.1, 0.15) is 26.3 Å². The molecule has 4 heteroatoms. The normalized spacial score (nSPS) is 11.8. The highest BCUT2D eigenvalue weighted by molar-refractivity contribution is 6.34. The zero-order valence-corrected chi connectivity index (χ0v) is 12.0. The van der Waals surface area contributed by atoms with Gasteiger partial charge >= 0.3 is 0 Å². The number of hydrogen-bond donors (Lipinski definition) is 1. The van der Waals surface area contributed by atoms with E-state index >= 15 is 0 Å². The Morgan fingerprint density at radius 3 is 2.29 bits per heavy atom. The molecule has 0 aliphatic carbocycles. The summed E-state index contributed by atoms with van der Waals surface area (Å²) in [7, 11) is 0. The largest absolute Gasteiger partial charge is 0.375 e. The zero-order valence-electron chi connectivity index (χ0n) is 10.5. The molecule has 1 aromatic carbocycles. The lowest BCUT2D eigenvalue weighted by molar-refractivity contribution is -0.00897. The molecule has 0 bridgehead atoms. The van der Waals surface area contributed by atoms with Gasteiger partial charge in [-0.05, 0) is 44.5 Å². The Labute approximate surface area is 113 Å². The lowest BCUT2D eigenvalue weighted by Gasteiger charge is -2.25. The molecule has 0 amide bonds. The van der Waals surface area contributed by atoms with Gasteiger partial charge in [0.25, 0.3) is 0 Å². The maximum atomic E-state index is 5.93. The van der Waals surface area contributed by atoms with Crippen LogP contribution in [0.4, 0.5) is 0 Å². The van der Waals surface area contributed by atoms with Crippen LogP contribution in [-0.2, 0) is 11.3 Å². The molecule has 0 atom stereocenters. The highest BCUT2D eigenvalue weighted by Gasteiger charge is 2.16. The number of halogens is 2. The molecule has 0 fully saturated rings. The monoisotopic (exact) mass is 275 g/mol. The number of nitrogens with one attached hydrogen (secondary N) is 1. The van der Waals surface area contributed by atoms with Crippen LogP contribution in [0.15, 0.2) is 18.2 Å².